The van der Waals surface area contributed by atoms with Crippen LogP contribution in [-0.2, 0) is 14.3 Å². The van der Waals surface area contributed by atoms with E-state index in [9.17, 15) is 9.59 Å². The second kappa shape index (κ2) is 7.76. The molecule has 4 nitrogen and oxygen atoms in total. The summed E-state index contributed by atoms with van der Waals surface area (Å²) in [6, 6.07) is 12.3. The molecule has 1 atom stereocenters. The molecule has 28 heavy (non-hydrogen) atoms. The number of carbonyl (C=O) groups is 2. The molecule has 0 spiro atoms. The van der Waals surface area contributed by atoms with Crippen LogP contribution in [0.1, 0.15) is 43.9 Å². The third-order valence-electron chi connectivity index (χ3n) is 5.28. The number of hydrogen-bond donors (Lipinski definition) is 1. The van der Waals surface area contributed by atoms with Crippen LogP contribution in [0.25, 0.3) is 11.1 Å². The highest BCUT2D eigenvalue weighted by Gasteiger charge is 2.39. The number of hydrogen-bond acceptors (Lipinski definition) is 5. The molecule has 2 heterocycles. The molecule has 0 radical (unpaired) electrons. The third kappa shape index (κ3) is 3.31. The molecule has 4 rings (SSSR count). The first-order valence-electron chi connectivity index (χ1n) is 9.65. The van der Waals surface area contributed by atoms with Gasteiger partial charge in [0.05, 0.1) is 18.1 Å². The van der Waals surface area contributed by atoms with Crippen LogP contribution in [0.15, 0.2) is 64.3 Å². The Balaban J connectivity index is 1.82. The summed E-state index contributed by atoms with van der Waals surface area (Å²) in [6.45, 7) is 4.00. The Morgan fingerprint density at radius 3 is 2.75 bits per heavy atom. The van der Waals surface area contributed by atoms with Crippen molar-refractivity contribution in [2.45, 2.75) is 39.0 Å². The molecule has 144 valence electrons. The maximum atomic E-state index is 12.9. The lowest BCUT2D eigenvalue weighted by Crippen LogP contribution is -2.34. The number of dihydropyridines is 1. The van der Waals surface area contributed by atoms with E-state index in [1.165, 1.54) is 0 Å². The number of benzene rings is 1. The minimum atomic E-state index is -0.356. The van der Waals surface area contributed by atoms with Crippen molar-refractivity contribution >= 4 is 23.1 Å². The Labute approximate surface area is 168 Å². The standard InChI is InChI=1S/C23H23NO3S/c1-3-27-23(26)20-14(2)24-17-10-7-11-18(25)21(17)22(20)19-12-16(13-28-19)15-8-5-4-6-9-15/h4-6,8-9,12-13,22,24H,3,7,10-11H2,1-2H3. The number of carbonyl (C=O) groups excluding carboxylic acids is 2. The zero-order valence-corrected chi connectivity index (χ0v) is 16.9. The minimum Gasteiger partial charge on any atom is -0.463 e. The van der Waals surface area contributed by atoms with Gasteiger partial charge in [0, 0.05) is 28.3 Å². The summed E-state index contributed by atoms with van der Waals surface area (Å²) < 4.78 is 5.34. The van der Waals surface area contributed by atoms with Gasteiger partial charge in [0.25, 0.3) is 0 Å². The highest BCUT2D eigenvalue weighted by atomic mass is 32.1. The molecule has 5 heteroatoms. The lowest BCUT2D eigenvalue weighted by atomic mass is 9.77. The van der Waals surface area contributed by atoms with Crippen LogP contribution >= 0.6 is 11.3 Å². The topological polar surface area (TPSA) is 55.4 Å². The SMILES string of the molecule is CCOC(=O)C1=C(C)NC2=C(C(=O)CCC2)C1c1cc(-c2ccccc2)cs1. The first-order valence-corrected chi connectivity index (χ1v) is 10.5. The van der Waals surface area contributed by atoms with Crippen molar-refractivity contribution in [1.29, 1.82) is 0 Å². The molecule has 1 aliphatic heterocycles. The molecule has 0 bridgehead atoms. The number of allylic oxidation sites excluding steroid dienone is 3. The molecule has 1 N–H and O–H groups in total. The minimum absolute atomic E-state index is 0.128. The molecular formula is C23H23NO3S. The predicted octanol–water partition coefficient (Wildman–Crippen LogP) is 4.95. The molecule has 0 amide bonds. The smallest absolute Gasteiger partial charge is 0.336 e. The van der Waals surface area contributed by atoms with E-state index in [0.29, 0.717) is 18.6 Å². The number of rotatable bonds is 4. The largest absolute Gasteiger partial charge is 0.463 e. The van der Waals surface area contributed by atoms with Crippen LogP contribution in [0.5, 0.6) is 0 Å². The van der Waals surface area contributed by atoms with E-state index in [-0.39, 0.29) is 17.7 Å². The van der Waals surface area contributed by atoms with Gasteiger partial charge in [-0.1, -0.05) is 30.3 Å². The average molecular weight is 394 g/mol. The number of Topliss-reactive ketones (excluding diaryl/α,β-unsaturated/α-hetero) is 1. The summed E-state index contributed by atoms with van der Waals surface area (Å²) >= 11 is 1.59. The van der Waals surface area contributed by atoms with E-state index in [1.807, 2.05) is 25.1 Å². The Kier molecular flexibility index (Phi) is 5.18. The summed E-state index contributed by atoms with van der Waals surface area (Å²) in [5.74, 6) is -0.578. The first-order chi connectivity index (χ1) is 13.6. The van der Waals surface area contributed by atoms with Crippen LogP contribution in [0.4, 0.5) is 0 Å². The fourth-order valence-electron chi connectivity index (χ4n) is 4.03. The molecule has 0 saturated carbocycles. The summed E-state index contributed by atoms with van der Waals surface area (Å²) in [4.78, 5) is 26.7. The van der Waals surface area contributed by atoms with E-state index in [2.05, 4.69) is 28.9 Å². The first kappa shape index (κ1) is 18.7. The zero-order chi connectivity index (χ0) is 19.7. The van der Waals surface area contributed by atoms with Gasteiger partial charge in [0.15, 0.2) is 5.78 Å². The van der Waals surface area contributed by atoms with Gasteiger partial charge in [0.2, 0.25) is 0 Å². The number of thiophene rings is 1. The molecule has 1 aliphatic carbocycles. The van der Waals surface area contributed by atoms with Crippen molar-refractivity contribution in [2.24, 2.45) is 0 Å². The third-order valence-corrected chi connectivity index (χ3v) is 6.28. The second-order valence-corrected chi connectivity index (χ2v) is 8.03. The Hall–Kier alpha value is -2.66. The number of ketones is 1. The highest BCUT2D eigenvalue weighted by molar-refractivity contribution is 7.10. The van der Waals surface area contributed by atoms with E-state index < -0.39 is 0 Å². The maximum absolute atomic E-state index is 12.9. The van der Waals surface area contributed by atoms with Crippen molar-refractivity contribution in [1.82, 2.24) is 5.32 Å². The van der Waals surface area contributed by atoms with Gasteiger partial charge in [-0.15, -0.1) is 11.3 Å². The van der Waals surface area contributed by atoms with Gasteiger partial charge in [0.1, 0.15) is 0 Å². The fraction of sp³-hybridized carbons (Fsp3) is 0.304. The quantitative estimate of drug-likeness (QED) is 0.747. The van der Waals surface area contributed by atoms with Crippen LogP contribution < -0.4 is 5.32 Å². The van der Waals surface area contributed by atoms with Crippen LogP contribution in [0.2, 0.25) is 0 Å². The van der Waals surface area contributed by atoms with Gasteiger partial charge in [-0.2, -0.15) is 0 Å². The molecule has 0 fully saturated rings. The molecule has 2 aliphatic rings. The average Bonchev–Trinajstić information content (AvgIpc) is 3.18. The van der Waals surface area contributed by atoms with Crippen molar-refractivity contribution in [3.63, 3.8) is 0 Å². The van der Waals surface area contributed by atoms with Crippen LogP contribution in [0, 0.1) is 0 Å². The molecule has 1 aromatic heterocycles. The number of esters is 1. The zero-order valence-electron chi connectivity index (χ0n) is 16.1. The van der Waals surface area contributed by atoms with Gasteiger partial charge < -0.3 is 10.1 Å². The van der Waals surface area contributed by atoms with E-state index in [1.54, 1.807) is 18.3 Å². The Morgan fingerprint density at radius 1 is 1.21 bits per heavy atom. The number of ether oxygens (including phenoxy) is 1. The summed E-state index contributed by atoms with van der Waals surface area (Å²) in [5.41, 5.74) is 5.26. The van der Waals surface area contributed by atoms with E-state index >= 15 is 0 Å². The van der Waals surface area contributed by atoms with E-state index in [0.717, 1.165) is 45.8 Å². The normalized spacial score (nSPS) is 19.4. The lowest BCUT2D eigenvalue weighted by Gasteiger charge is -2.33. The van der Waals surface area contributed by atoms with Crippen LogP contribution in [0.3, 0.4) is 0 Å². The highest BCUT2D eigenvalue weighted by Crippen LogP contribution is 2.45. The van der Waals surface area contributed by atoms with Gasteiger partial charge >= 0.3 is 5.97 Å². The molecular weight excluding hydrogens is 370 g/mol. The monoisotopic (exact) mass is 393 g/mol. The summed E-state index contributed by atoms with van der Waals surface area (Å²) in [5, 5.41) is 5.41. The Bertz CT molecular complexity index is 984. The van der Waals surface area contributed by atoms with Gasteiger partial charge in [-0.05, 0) is 49.3 Å². The lowest BCUT2D eigenvalue weighted by molar-refractivity contribution is -0.138. The van der Waals surface area contributed by atoms with E-state index in [4.69, 9.17) is 4.74 Å². The molecule has 0 saturated heterocycles. The Morgan fingerprint density at radius 2 is 2.00 bits per heavy atom. The van der Waals surface area contributed by atoms with Crippen molar-refractivity contribution < 1.29 is 14.3 Å². The van der Waals surface area contributed by atoms with Crippen LogP contribution in [-0.4, -0.2) is 18.4 Å². The second-order valence-electron chi connectivity index (χ2n) is 7.09. The van der Waals surface area contributed by atoms with Gasteiger partial charge in [-0.3, -0.25) is 4.79 Å². The summed E-state index contributed by atoms with van der Waals surface area (Å²) in [6.07, 6.45) is 2.21. The van der Waals surface area contributed by atoms with Crippen molar-refractivity contribution in [3.05, 3.63) is 69.2 Å². The van der Waals surface area contributed by atoms with Crippen molar-refractivity contribution in [3.8, 4) is 11.1 Å². The molecule has 1 aromatic carbocycles. The number of nitrogens with one attached hydrogen (secondary N) is 1. The maximum Gasteiger partial charge on any atom is 0.336 e. The summed E-state index contributed by atoms with van der Waals surface area (Å²) in [7, 11) is 0. The molecule has 2 aromatic rings. The van der Waals surface area contributed by atoms with Crippen molar-refractivity contribution in [2.75, 3.05) is 6.61 Å². The molecule has 1 unspecified atom stereocenters. The fourth-order valence-corrected chi connectivity index (χ4v) is 5.07. The van der Waals surface area contributed by atoms with Gasteiger partial charge in [-0.25, -0.2) is 4.79 Å². The predicted molar refractivity (Wildman–Crippen MR) is 111 cm³/mol.